The zero-order chi connectivity index (χ0) is 15.4. The minimum atomic E-state index is -0.376. The highest BCUT2D eigenvalue weighted by molar-refractivity contribution is 5.85. The summed E-state index contributed by atoms with van der Waals surface area (Å²) in [6.45, 7) is 5.53. The van der Waals surface area contributed by atoms with E-state index in [0.29, 0.717) is 26.1 Å². The molecule has 1 atom stereocenters. The van der Waals surface area contributed by atoms with Gasteiger partial charge in [-0.25, -0.2) is 4.98 Å². The first-order chi connectivity index (χ1) is 10.8. The number of carbonyl (C=O) groups excluding carboxylic acids is 1. The molecular formula is C16H24Cl2N4O2. The molecule has 1 unspecified atom stereocenters. The molecule has 0 bridgehead atoms. The number of ether oxygens (including phenoxy) is 1. The Balaban J connectivity index is 0.00000144. The van der Waals surface area contributed by atoms with Crippen molar-refractivity contribution in [3.05, 3.63) is 30.1 Å². The second-order valence-corrected chi connectivity index (χ2v) is 5.37. The first kappa shape index (κ1) is 20.7. The molecule has 0 saturated carbocycles. The van der Waals surface area contributed by atoms with E-state index in [-0.39, 0.29) is 36.8 Å². The third-order valence-electron chi connectivity index (χ3n) is 3.92. The number of nitrogens with one attached hydrogen (secondary N) is 2. The molecule has 2 aromatic rings. The lowest BCUT2D eigenvalue weighted by molar-refractivity contribution is -0.134. The third-order valence-corrected chi connectivity index (χ3v) is 3.92. The fourth-order valence-corrected chi connectivity index (χ4v) is 2.81. The van der Waals surface area contributed by atoms with Crippen LogP contribution in [0.1, 0.15) is 12.7 Å². The number of aromatic nitrogens is 2. The topological polar surface area (TPSA) is 68.2 Å². The van der Waals surface area contributed by atoms with Crippen LogP contribution >= 0.6 is 24.8 Å². The summed E-state index contributed by atoms with van der Waals surface area (Å²) >= 11 is 0. The van der Waals surface area contributed by atoms with Gasteiger partial charge in [-0.1, -0.05) is 12.1 Å². The Kier molecular flexibility index (Phi) is 8.48. The van der Waals surface area contributed by atoms with Crippen LogP contribution in [-0.2, 0) is 22.5 Å². The average Bonchev–Trinajstić information content (AvgIpc) is 2.93. The van der Waals surface area contributed by atoms with Crippen LogP contribution in [0, 0.1) is 0 Å². The normalized spacial score (nSPS) is 17.0. The van der Waals surface area contributed by atoms with E-state index in [1.54, 1.807) is 0 Å². The predicted molar refractivity (Wildman–Crippen MR) is 99.2 cm³/mol. The van der Waals surface area contributed by atoms with E-state index in [9.17, 15) is 4.79 Å². The maximum Gasteiger partial charge on any atom is 0.250 e. The summed E-state index contributed by atoms with van der Waals surface area (Å²) in [6, 6.07) is 8.12. The maximum atomic E-state index is 12.0. The van der Waals surface area contributed by atoms with Gasteiger partial charge in [0.15, 0.2) is 0 Å². The van der Waals surface area contributed by atoms with E-state index in [0.717, 1.165) is 29.9 Å². The van der Waals surface area contributed by atoms with Crippen LogP contribution < -0.4 is 10.6 Å². The Morgan fingerprint density at radius 1 is 1.42 bits per heavy atom. The molecule has 6 nitrogen and oxygen atoms in total. The zero-order valence-corrected chi connectivity index (χ0v) is 15.3. The smallest absolute Gasteiger partial charge is 0.250 e. The molecule has 24 heavy (non-hydrogen) atoms. The summed E-state index contributed by atoms with van der Waals surface area (Å²) in [5, 5.41) is 6.10. The number of benzene rings is 1. The van der Waals surface area contributed by atoms with Crippen molar-refractivity contribution in [3.8, 4) is 0 Å². The highest BCUT2D eigenvalue weighted by Crippen LogP contribution is 2.16. The summed E-state index contributed by atoms with van der Waals surface area (Å²) in [6.07, 6.45) is 0.341. The number of hydrogen-bond acceptors (Lipinski definition) is 4. The quantitative estimate of drug-likeness (QED) is 0.832. The molecule has 0 spiro atoms. The largest absolute Gasteiger partial charge is 0.366 e. The van der Waals surface area contributed by atoms with E-state index >= 15 is 0 Å². The summed E-state index contributed by atoms with van der Waals surface area (Å²) in [5.74, 6) is 0.957. The van der Waals surface area contributed by atoms with Gasteiger partial charge < -0.3 is 19.9 Å². The van der Waals surface area contributed by atoms with Crippen LogP contribution in [0.4, 0.5) is 0 Å². The lowest BCUT2D eigenvalue weighted by atomic mass is 10.3. The Hall–Kier alpha value is -1.34. The van der Waals surface area contributed by atoms with E-state index in [4.69, 9.17) is 4.74 Å². The lowest BCUT2D eigenvalue weighted by Gasteiger charge is -2.22. The Morgan fingerprint density at radius 2 is 2.21 bits per heavy atom. The molecule has 1 amide bonds. The molecule has 2 heterocycles. The van der Waals surface area contributed by atoms with Crippen LogP contribution in [0.5, 0.6) is 0 Å². The molecule has 134 valence electrons. The Bertz CT molecular complexity index is 657. The van der Waals surface area contributed by atoms with Gasteiger partial charge in [-0.3, -0.25) is 4.79 Å². The first-order valence-electron chi connectivity index (χ1n) is 7.83. The van der Waals surface area contributed by atoms with E-state index in [1.165, 1.54) is 0 Å². The van der Waals surface area contributed by atoms with Gasteiger partial charge in [0.2, 0.25) is 5.91 Å². The van der Waals surface area contributed by atoms with Crippen LogP contribution in [0.25, 0.3) is 11.0 Å². The van der Waals surface area contributed by atoms with Crippen molar-refractivity contribution in [2.45, 2.75) is 26.0 Å². The molecule has 1 aromatic heterocycles. The molecule has 3 rings (SSSR count). The van der Waals surface area contributed by atoms with Gasteiger partial charge in [0, 0.05) is 32.6 Å². The van der Waals surface area contributed by atoms with Crippen molar-refractivity contribution in [2.24, 2.45) is 0 Å². The number of fused-ring (bicyclic) bond motifs is 1. The molecule has 2 N–H and O–H groups in total. The third kappa shape index (κ3) is 4.60. The molecular weight excluding hydrogens is 351 g/mol. The fraction of sp³-hybridized carbons (Fsp3) is 0.500. The summed E-state index contributed by atoms with van der Waals surface area (Å²) in [5.41, 5.74) is 2.15. The Morgan fingerprint density at radius 3 is 2.92 bits per heavy atom. The minimum Gasteiger partial charge on any atom is -0.366 e. The Labute approximate surface area is 154 Å². The second-order valence-electron chi connectivity index (χ2n) is 5.37. The minimum absolute atomic E-state index is 0. The number of para-hydroxylation sites is 2. The lowest BCUT2D eigenvalue weighted by Crippen LogP contribution is -2.48. The number of halogens is 2. The van der Waals surface area contributed by atoms with E-state index in [2.05, 4.69) is 33.2 Å². The number of rotatable bonds is 5. The molecule has 1 fully saturated rings. The molecule has 0 radical (unpaired) electrons. The van der Waals surface area contributed by atoms with Gasteiger partial charge >= 0.3 is 0 Å². The standard InChI is InChI=1S/C16H22N4O2.2ClH/c1-2-20-13-6-4-3-5-12(13)19-15(20)7-8-18-16(21)14-11-17-9-10-22-14;;/h3-6,14,17H,2,7-11H2,1H3,(H,18,21);2*1H. The molecule has 1 saturated heterocycles. The number of hydrogen-bond donors (Lipinski definition) is 2. The summed E-state index contributed by atoms with van der Waals surface area (Å²) < 4.78 is 7.63. The van der Waals surface area contributed by atoms with Crippen molar-refractivity contribution in [3.63, 3.8) is 0 Å². The van der Waals surface area contributed by atoms with Gasteiger partial charge in [0.1, 0.15) is 11.9 Å². The van der Waals surface area contributed by atoms with Crippen molar-refractivity contribution in [1.29, 1.82) is 0 Å². The highest BCUT2D eigenvalue weighted by Gasteiger charge is 2.21. The van der Waals surface area contributed by atoms with Crippen molar-refractivity contribution in [2.75, 3.05) is 26.2 Å². The summed E-state index contributed by atoms with van der Waals surface area (Å²) in [4.78, 5) is 16.7. The number of imidazole rings is 1. The van der Waals surface area contributed by atoms with E-state index < -0.39 is 0 Å². The zero-order valence-electron chi connectivity index (χ0n) is 13.7. The molecule has 8 heteroatoms. The fourth-order valence-electron chi connectivity index (χ4n) is 2.81. The van der Waals surface area contributed by atoms with Gasteiger partial charge in [-0.05, 0) is 19.1 Å². The number of amides is 1. The van der Waals surface area contributed by atoms with Gasteiger partial charge in [0.05, 0.1) is 17.6 Å². The molecule has 0 aliphatic carbocycles. The number of aryl methyl sites for hydroxylation is 1. The second kappa shape index (κ2) is 9.84. The molecule has 1 aliphatic rings. The van der Waals surface area contributed by atoms with Crippen LogP contribution in [0.2, 0.25) is 0 Å². The predicted octanol–water partition coefficient (Wildman–Crippen LogP) is 1.55. The number of morpholine rings is 1. The van der Waals surface area contributed by atoms with Crippen molar-refractivity contribution >= 4 is 41.8 Å². The molecule has 1 aliphatic heterocycles. The van der Waals surface area contributed by atoms with Crippen LogP contribution in [0.3, 0.4) is 0 Å². The average molecular weight is 375 g/mol. The SMILES string of the molecule is CCn1c(CCNC(=O)C2CNCCO2)nc2ccccc21.Cl.Cl. The first-order valence-corrected chi connectivity index (χ1v) is 7.83. The monoisotopic (exact) mass is 374 g/mol. The number of nitrogens with zero attached hydrogens (tertiary/aromatic N) is 2. The highest BCUT2D eigenvalue weighted by atomic mass is 35.5. The van der Waals surface area contributed by atoms with Crippen molar-refractivity contribution in [1.82, 2.24) is 20.2 Å². The van der Waals surface area contributed by atoms with Crippen molar-refractivity contribution < 1.29 is 9.53 Å². The van der Waals surface area contributed by atoms with Crippen LogP contribution in [0.15, 0.2) is 24.3 Å². The van der Waals surface area contributed by atoms with Gasteiger partial charge in [-0.2, -0.15) is 0 Å². The molecule has 1 aromatic carbocycles. The maximum absolute atomic E-state index is 12.0. The van der Waals surface area contributed by atoms with Gasteiger partial charge in [-0.15, -0.1) is 24.8 Å². The van der Waals surface area contributed by atoms with Crippen LogP contribution in [-0.4, -0.2) is 47.8 Å². The number of carbonyl (C=O) groups is 1. The van der Waals surface area contributed by atoms with E-state index in [1.807, 2.05) is 18.2 Å². The van der Waals surface area contributed by atoms with Gasteiger partial charge in [0.25, 0.3) is 0 Å². The summed E-state index contributed by atoms with van der Waals surface area (Å²) in [7, 11) is 0.